The Morgan fingerprint density at radius 3 is 2.29 bits per heavy atom. The Morgan fingerprint density at radius 1 is 1.43 bits per heavy atom. The van der Waals surface area contributed by atoms with E-state index in [1.165, 1.54) is 0 Å². The van der Waals surface area contributed by atoms with Crippen molar-refractivity contribution in [3.8, 4) is 0 Å². The van der Waals surface area contributed by atoms with Crippen molar-refractivity contribution < 1.29 is 5.11 Å². The molecule has 2 atom stereocenters. The third-order valence-electron chi connectivity index (χ3n) is 3.19. The number of aliphatic hydroxyl groups is 1. The summed E-state index contributed by atoms with van der Waals surface area (Å²) in [6, 6.07) is 0. The van der Waals surface area contributed by atoms with Crippen LogP contribution in [0.15, 0.2) is 0 Å². The fourth-order valence-corrected chi connectivity index (χ4v) is 1.66. The Kier molecular flexibility index (Phi) is 6.33. The average Bonchev–Trinajstić information content (AvgIpc) is 2.24. The minimum absolute atomic E-state index is 0.0815. The lowest BCUT2D eigenvalue weighted by Gasteiger charge is -2.40. The molecule has 0 amide bonds. The van der Waals surface area contributed by atoms with E-state index in [0.717, 1.165) is 19.5 Å². The van der Waals surface area contributed by atoms with Crippen molar-refractivity contribution in [2.45, 2.75) is 39.7 Å². The molecule has 0 aromatic rings. The molecule has 0 aliphatic carbocycles. The van der Waals surface area contributed by atoms with E-state index in [2.05, 4.69) is 32.6 Å². The molecule has 0 bridgehead atoms. The number of likely N-dealkylation sites (N-methyl/N-ethyl adjacent to an activating group) is 1. The Bertz CT molecular complexity index is 146. The molecule has 0 spiro atoms. The van der Waals surface area contributed by atoms with Gasteiger partial charge in [0.15, 0.2) is 0 Å². The molecule has 86 valence electrons. The molecule has 0 aliphatic rings. The Morgan fingerprint density at radius 2 is 2.00 bits per heavy atom. The first-order valence-corrected chi connectivity index (χ1v) is 5.60. The quantitative estimate of drug-likeness (QED) is 0.649. The van der Waals surface area contributed by atoms with Gasteiger partial charge in [0.2, 0.25) is 0 Å². The van der Waals surface area contributed by atoms with Crippen LogP contribution in [-0.4, -0.2) is 41.8 Å². The van der Waals surface area contributed by atoms with Crippen LogP contribution >= 0.6 is 0 Å². The Labute approximate surface area is 88.3 Å². The van der Waals surface area contributed by atoms with Crippen molar-refractivity contribution in [3.05, 3.63) is 0 Å². The number of nitrogens with two attached hydrogens (primary N) is 1. The number of rotatable bonds is 7. The fourth-order valence-electron chi connectivity index (χ4n) is 1.66. The summed E-state index contributed by atoms with van der Waals surface area (Å²) in [6.45, 7) is 11.4. The van der Waals surface area contributed by atoms with Crippen molar-refractivity contribution in [2.75, 3.05) is 26.2 Å². The van der Waals surface area contributed by atoms with Gasteiger partial charge in [-0.25, -0.2) is 0 Å². The SMILES string of the molecule is CCN(CC(C)CO)C(C)(CC)CN. The lowest BCUT2D eigenvalue weighted by Crippen LogP contribution is -2.52. The van der Waals surface area contributed by atoms with E-state index in [0.29, 0.717) is 12.5 Å². The molecule has 3 N–H and O–H groups in total. The maximum Gasteiger partial charge on any atom is 0.0468 e. The summed E-state index contributed by atoms with van der Waals surface area (Å²) < 4.78 is 0. The third kappa shape index (κ3) is 3.56. The maximum atomic E-state index is 9.03. The molecule has 0 saturated carbocycles. The highest BCUT2D eigenvalue weighted by Gasteiger charge is 2.27. The molecule has 3 heteroatoms. The van der Waals surface area contributed by atoms with Crippen LogP contribution in [0.5, 0.6) is 0 Å². The van der Waals surface area contributed by atoms with Gasteiger partial charge in [0.05, 0.1) is 0 Å². The van der Waals surface area contributed by atoms with Gasteiger partial charge in [0.25, 0.3) is 0 Å². The highest BCUT2D eigenvalue weighted by atomic mass is 16.3. The highest BCUT2D eigenvalue weighted by molar-refractivity contribution is 4.86. The first-order chi connectivity index (χ1) is 6.53. The summed E-state index contributed by atoms with van der Waals surface area (Å²) >= 11 is 0. The van der Waals surface area contributed by atoms with Gasteiger partial charge in [-0.3, -0.25) is 4.90 Å². The molecular weight excluding hydrogens is 176 g/mol. The molecular formula is C11H26N2O. The van der Waals surface area contributed by atoms with Crippen molar-refractivity contribution in [1.29, 1.82) is 0 Å². The standard InChI is InChI=1S/C11H26N2O/c1-5-11(4,9-12)13(6-2)7-10(3)8-14/h10,14H,5-9,12H2,1-4H3. The average molecular weight is 202 g/mol. The van der Waals surface area contributed by atoms with E-state index in [4.69, 9.17) is 10.8 Å². The molecule has 0 aromatic carbocycles. The first-order valence-electron chi connectivity index (χ1n) is 5.60. The zero-order valence-corrected chi connectivity index (χ0v) is 10.1. The minimum atomic E-state index is 0.0815. The van der Waals surface area contributed by atoms with E-state index >= 15 is 0 Å². The van der Waals surface area contributed by atoms with Gasteiger partial charge in [-0.15, -0.1) is 0 Å². The second-order valence-corrected chi connectivity index (χ2v) is 4.38. The Balaban J connectivity index is 4.36. The monoisotopic (exact) mass is 202 g/mol. The van der Waals surface area contributed by atoms with E-state index < -0.39 is 0 Å². The second kappa shape index (κ2) is 6.38. The van der Waals surface area contributed by atoms with E-state index in [1.807, 2.05) is 0 Å². The third-order valence-corrected chi connectivity index (χ3v) is 3.19. The van der Waals surface area contributed by atoms with Crippen molar-refractivity contribution in [3.63, 3.8) is 0 Å². The van der Waals surface area contributed by atoms with E-state index in [9.17, 15) is 0 Å². The van der Waals surface area contributed by atoms with Gasteiger partial charge in [0.1, 0.15) is 0 Å². The summed E-state index contributed by atoms with van der Waals surface area (Å²) in [5.74, 6) is 0.326. The van der Waals surface area contributed by atoms with Gasteiger partial charge in [-0.05, 0) is 25.8 Å². The fraction of sp³-hybridized carbons (Fsp3) is 1.00. The largest absolute Gasteiger partial charge is 0.396 e. The van der Waals surface area contributed by atoms with Crippen LogP contribution in [0.4, 0.5) is 0 Å². The van der Waals surface area contributed by atoms with Crippen LogP contribution in [0.1, 0.15) is 34.1 Å². The summed E-state index contributed by atoms with van der Waals surface area (Å²) in [5, 5.41) is 9.03. The number of hydrogen-bond donors (Lipinski definition) is 2. The first kappa shape index (κ1) is 13.9. The molecule has 0 aliphatic heterocycles. The van der Waals surface area contributed by atoms with Crippen LogP contribution in [0.25, 0.3) is 0 Å². The zero-order chi connectivity index (χ0) is 11.2. The number of aliphatic hydroxyl groups excluding tert-OH is 1. The number of nitrogens with zero attached hydrogens (tertiary/aromatic N) is 1. The van der Waals surface area contributed by atoms with Gasteiger partial charge < -0.3 is 10.8 Å². The van der Waals surface area contributed by atoms with Crippen molar-refractivity contribution in [1.82, 2.24) is 4.90 Å². The normalized spacial score (nSPS) is 18.2. The van der Waals surface area contributed by atoms with E-state index in [1.54, 1.807) is 0 Å². The molecule has 14 heavy (non-hydrogen) atoms. The number of hydrogen-bond acceptors (Lipinski definition) is 3. The topological polar surface area (TPSA) is 49.5 Å². The Hall–Kier alpha value is -0.120. The predicted molar refractivity (Wildman–Crippen MR) is 61.2 cm³/mol. The van der Waals surface area contributed by atoms with Gasteiger partial charge in [-0.2, -0.15) is 0 Å². The molecule has 0 radical (unpaired) electrons. The molecule has 0 aromatic heterocycles. The lowest BCUT2D eigenvalue weighted by atomic mass is 9.95. The highest BCUT2D eigenvalue weighted by Crippen LogP contribution is 2.19. The second-order valence-electron chi connectivity index (χ2n) is 4.38. The maximum absolute atomic E-state index is 9.03. The van der Waals surface area contributed by atoms with Gasteiger partial charge in [-0.1, -0.05) is 20.8 Å². The minimum Gasteiger partial charge on any atom is -0.396 e. The molecule has 0 fully saturated rings. The summed E-state index contributed by atoms with van der Waals surface area (Å²) in [5.41, 5.74) is 5.89. The van der Waals surface area contributed by atoms with Gasteiger partial charge >= 0.3 is 0 Å². The summed E-state index contributed by atoms with van der Waals surface area (Å²) in [7, 11) is 0. The summed E-state index contributed by atoms with van der Waals surface area (Å²) in [6.07, 6.45) is 1.05. The molecule has 0 rings (SSSR count). The van der Waals surface area contributed by atoms with Crippen LogP contribution in [-0.2, 0) is 0 Å². The van der Waals surface area contributed by atoms with Crippen LogP contribution in [0.2, 0.25) is 0 Å². The molecule has 0 heterocycles. The van der Waals surface area contributed by atoms with Crippen molar-refractivity contribution >= 4 is 0 Å². The molecule has 0 saturated heterocycles. The lowest BCUT2D eigenvalue weighted by molar-refractivity contribution is 0.0796. The van der Waals surface area contributed by atoms with Crippen LogP contribution in [0, 0.1) is 5.92 Å². The van der Waals surface area contributed by atoms with Crippen LogP contribution < -0.4 is 5.73 Å². The predicted octanol–water partition coefficient (Wildman–Crippen LogP) is 1.06. The molecule has 2 unspecified atom stereocenters. The van der Waals surface area contributed by atoms with Crippen molar-refractivity contribution in [2.24, 2.45) is 11.7 Å². The van der Waals surface area contributed by atoms with Gasteiger partial charge in [0, 0.05) is 25.2 Å². The zero-order valence-electron chi connectivity index (χ0n) is 10.1. The summed E-state index contributed by atoms with van der Waals surface area (Å²) in [4.78, 5) is 2.37. The van der Waals surface area contributed by atoms with Crippen LogP contribution in [0.3, 0.4) is 0 Å². The smallest absolute Gasteiger partial charge is 0.0468 e. The van der Waals surface area contributed by atoms with E-state index in [-0.39, 0.29) is 12.1 Å². The molecule has 3 nitrogen and oxygen atoms in total.